The van der Waals surface area contributed by atoms with E-state index in [0.29, 0.717) is 18.5 Å². The molecule has 0 radical (unpaired) electrons. The first-order valence-electron chi connectivity index (χ1n) is 10.6. The van der Waals surface area contributed by atoms with Crippen LogP contribution < -0.4 is 10.0 Å². The number of benzene rings is 1. The molecule has 6 nitrogen and oxygen atoms in total. The largest absolute Gasteiger partial charge is 0.444 e. The molecule has 2 N–H and O–H groups in total. The summed E-state index contributed by atoms with van der Waals surface area (Å²) < 4.78 is 49.9. The van der Waals surface area contributed by atoms with Crippen LogP contribution in [0.2, 0.25) is 0 Å². The maximum atomic E-state index is 15.9. The Balaban J connectivity index is 2.21. The number of anilines is 1. The van der Waals surface area contributed by atoms with Gasteiger partial charge in [-0.3, -0.25) is 4.72 Å². The number of nitrogens with one attached hydrogen (secondary N) is 2. The van der Waals surface area contributed by atoms with Crippen LogP contribution in [0.1, 0.15) is 65.4 Å². The van der Waals surface area contributed by atoms with Crippen LogP contribution in [-0.4, -0.2) is 37.6 Å². The van der Waals surface area contributed by atoms with Crippen molar-refractivity contribution in [1.82, 2.24) is 5.32 Å². The molecule has 0 aromatic heterocycles. The van der Waals surface area contributed by atoms with Crippen molar-refractivity contribution in [2.75, 3.05) is 11.3 Å². The quantitative estimate of drug-likeness (QED) is 0.626. The van der Waals surface area contributed by atoms with E-state index >= 15 is 4.39 Å². The third kappa shape index (κ3) is 6.86. The predicted molar refractivity (Wildman–Crippen MR) is 118 cm³/mol. The monoisotopic (exact) mass is 442 g/mol. The Hall–Kier alpha value is -1.83. The molecule has 2 atom stereocenters. The van der Waals surface area contributed by atoms with Crippen molar-refractivity contribution >= 4 is 21.8 Å². The molecular weight excluding hydrogens is 407 g/mol. The predicted octanol–water partition coefficient (Wildman–Crippen LogP) is 4.94. The van der Waals surface area contributed by atoms with Crippen LogP contribution in [0.15, 0.2) is 24.3 Å². The second-order valence-corrected chi connectivity index (χ2v) is 11.3. The number of alkyl halides is 1. The lowest BCUT2D eigenvalue weighted by atomic mass is 9.75. The van der Waals surface area contributed by atoms with E-state index in [9.17, 15) is 13.2 Å². The minimum absolute atomic E-state index is 0.110. The van der Waals surface area contributed by atoms with Gasteiger partial charge in [-0.25, -0.2) is 17.6 Å². The zero-order chi connectivity index (χ0) is 22.6. The molecule has 1 aliphatic carbocycles. The Morgan fingerprint density at radius 3 is 2.27 bits per heavy atom. The lowest BCUT2D eigenvalue weighted by molar-refractivity contribution is 0.0287. The lowest BCUT2D eigenvalue weighted by Crippen LogP contribution is -2.51. The van der Waals surface area contributed by atoms with Crippen LogP contribution in [0, 0.1) is 12.8 Å². The van der Waals surface area contributed by atoms with Crippen LogP contribution in [0.4, 0.5) is 14.9 Å². The summed E-state index contributed by atoms with van der Waals surface area (Å²) in [4.78, 5) is 12.1. The lowest BCUT2D eigenvalue weighted by Gasteiger charge is -2.39. The van der Waals surface area contributed by atoms with E-state index in [-0.39, 0.29) is 19.4 Å². The second-order valence-electron chi connectivity index (χ2n) is 9.30. The van der Waals surface area contributed by atoms with Gasteiger partial charge in [0.2, 0.25) is 10.0 Å². The summed E-state index contributed by atoms with van der Waals surface area (Å²) in [7, 11) is -3.88. The summed E-state index contributed by atoms with van der Waals surface area (Å²) in [6, 6.07) is 6.97. The summed E-state index contributed by atoms with van der Waals surface area (Å²) in [5, 5.41) is 1.55. The fourth-order valence-electron chi connectivity index (χ4n) is 3.88. The number of carbonyl (C=O) groups excluding carboxylic acids is 1. The molecule has 1 saturated carbocycles. The summed E-state index contributed by atoms with van der Waals surface area (Å²) in [5.41, 5.74) is -0.907. The molecule has 0 aliphatic heterocycles. The van der Waals surface area contributed by atoms with E-state index in [4.69, 9.17) is 4.74 Å². The number of hydrogen-bond donors (Lipinski definition) is 2. The van der Waals surface area contributed by atoms with Crippen molar-refractivity contribution in [3.63, 3.8) is 0 Å². The highest BCUT2D eigenvalue weighted by Crippen LogP contribution is 2.41. The minimum Gasteiger partial charge on any atom is -0.444 e. The molecule has 1 aromatic rings. The normalized spacial score (nSPS) is 18.9. The molecule has 0 saturated heterocycles. The molecule has 30 heavy (non-hydrogen) atoms. The fraction of sp³-hybridized carbons (Fsp3) is 0.682. The number of ether oxygens (including phenoxy) is 1. The summed E-state index contributed by atoms with van der Waals surface area (Å²) in [6.45, 7) is 8.52. The maximum Gasteiger partial charge on any atom is 0.407 e. The SMILES string of the molecule is Cc1ccc(NS(=O)(=O)C(C)C(CNC(=O)OC(C)(C)C)C2(F)CCCCC2)cc1. The van der Waals surface area contributed by atoms with Crippen molar-refractivity contribution < 1.29 is 22.3 Å². The Morgan fingerprint density at radius 2 is 1.73 bits per heavy atom. The van der Waals surface area contributed by atoms with Crippen LogP contribution >= 0.6 is 0 Å². The van der Waals surface area contributed by atoms with Gasteiger partial charge in [-0.05, 0) is 59.6 Å². The minimum atomic E-state index is -3.88. The molecule has 1 aliphatic rings. The first kappa shape index (κ1) is 24.4. The highest BCUT2D eigenvalue weighted by atomic mass is 32.2. The zero-order valence-electron chi connectivity index (χ0n) is 18.6. The topological polar surface area (TPSA) is 84.5 Å². The third-order valence-corrected chi connectivity index (χ3v) is 7.41. The van der Waals surface area contributed by atoms with Crippen molar-refractivity contribution in [1.29, 1.82) is 0 Å². The number of alkyl carbamates (subject to hydrolysis) is 1. The molecular formula is C22H35FN2O4S. The summed E-state index contributed by atoms with van der Waals surface area (Å²) >= 11 is 0. The van der Waals surface area contributed by atoms with Crippen LogP contribution in [0.5, 0.6) is 0 Å². The van der Waals surface area contributed by atoms with E-state index in [1.165, 1.54) is 6.92 Å². The van der Waals surface area contributed by atoms with E-state index in [0.717, 1.165) is 12.0 Å². The average Bonchev–Trinajstić information content (AvgIpc) is 2.62. The van der Waals surface area contributed by atoms with E-state index in [1.807, 2.05) is 19.1 Å². The van der Waals surface area contributed by atoms with E-state index in [1.54, 1.807) is 32.9 Å². The highest BCUT2D eigenvalue weighted by Gasteiger charge is 2.46. The number of aryl methyl sites for hydroxylation is 1. The number of carbonyl (C=O) groups is 1. The van der Waals surface area contributed by atoms with Crippen molar-refractivity contribution in [3.05, 3.63) is 29.8 Å². The smallest absolute Gasteiger partial charge is 0.407 e. The highest BCUT2D eigenvalue weighted by molar-refractivity contribution is 7.93. The van der Waals surface area contributed by atoms with Crippen molar-refractivity contribution in [3.8, 4) is 0 Å². The third-order valence-electron chi connectivity index (χ3n) is 5.58. The number of sulfonamides is 1. The molecule has 2 rings (SSSR count). The molecule has 1 aromatic carbocycles. The Labute approximate surface area is 180 Å². The Kier molecular flexibility index (Phi) is 7.77. The van der Waals surface area contributed by atoms with Gasteiger partial charge < -0.3 is 10.1 Å². The van der Waals surface area contributed by atoms with E-state index < -0.39 is 38.6 Å². The molecule has 170 valence electrons. The molecule has 0 spiro atoms. The molecule has 1 amide bonds. The van der Waals surface area contributed by atoms with Gasteiger partial charge >= 0.3 is 6.09 Å². The van der Waals surface area contributed by atoms with Crippen LogP contribution in [0.25, 0.3) is 0 Å². The first-order valence-corrected chi connectivity index (χ1v) is 12.1. The number of amides is 1. The van der Waals surface area contributed by atoms with Gasteiger partial charge in [0.25, 0.3) is 0 Å². The van der Waals surface area contributed by atoms with Gasteiger partial charge in [0.05, 0.1) is 5.25 Å². The van der Waals surface area contributed by atoms with Gasteiger partial charge in [0, 0.05) is 18.2 Å². The van der Waals surface area contributed by atoms with Crippen LogP contribution in [-0.2, 0) is 14.8 Å². The Morgan fingerprint density at radius 1 is 1.17 bits per heavy atom. The Bertz CT molecular complexity index is 813. The van der Waals surface area contributed by atoms with Crippen molar-refractivity contribution in [2.45, 2.75) is 83.2 Å². The number of hydrogen-bond acceptors (Lipinski definition) is 4. The molecule has 2 unspecified atom stereocenters. The molecule has 0 heterocycles. The molecule has 1 fully saturated rings. The number of rotatable bonds is 7. The van der Waals surface area contributed by atoms with E-state index in [2.05, 4.69) is 10.0 Å². The average molecular weight is 443 g/mol. The van der Waals surface area contributed by atoms with Gasteiger partial charge in [0.1, 0.15) is 11.3 Å². The molecule has 8 heteroatoms. The van der Waals surface area contributed by atoms with Gasteiger partial charge in [0.15, 0.2) is 0 Å². The summed E-state index contributed by atoms with van der Waals surface area (Å²) in [5.74, 6) is -0.895. The standard InChI is InChI=1S/C22H35FN2O4S/c1-16-9-11-18(12-10-16)25-30(27,28)17(2)19(22(23)13-7-6-8-14-22)15-24-20(26)29-21(3,4)5/h9-12,17,19,25H,6-8,13-15H2,1-5H3,(H,24,26). The van der Waals surface area contributed by atoms with Gasteiger partial charge in [-0.15, -0.1) is 0 Å². The van der Waals surface area contributed by atoms with Crippen molar-refractivity contribution in [2.24, 2.45) is 5.92 Å². The summed E-state index contributed by atoms with van der Waals surface area (Å²) in [6.07, 6.45) is 2.24. The zero-order valence-corrected chi connectivity index (χ0v) is 19.4. The first-order chi connectivity index (χ1) is 13.8. The molecule has 0 bridgehead atoms. The fourth-order valence-corrected chi connectivity index (χ4v) is 5.31. The van der Waals surface area contributed by atoms with Crippen LogP contribution in [0.3, 0.4) is 0 Å². The van der Waals surface area contributed by atoms with Gasteiger partial charge in [-0.2, -0.15) is 0 Å². The van der Waals surface area contributed by atoms with Gasteiger partial charge in [-0.1, -0.05) is 37.0 Å². The second kappa shape index (κ2) is 9.54. The maximum absolute atomic E-state index is 15.9. The number of halogens is 1.